The number of carbonyl (C=O) groups is 1. The molecule has 0 bridgehead atoms. The van der Waals surface area contributed by atoms with Crippen LogP contribution in [0.1, 0.15) is 49.3 Å². The Labute approximate surface area is 176 Å². The minimum absolute atomic E-state index is 0.223. The van der Waals surface area contributed by atoms with E-state index in [0.717, 1.165) is 24.5 Å². The van der Waals surface area contributed by atoms with Crippen molar-refractivity contribution in [2.45, 2.75) is 39.5 Å². The summed E-state index contributed by atoms with van der Waals surface area (Å²) in [7, 11) is 5.94. The van der Waals surface area contributed by atoms with E-state index in [0.29, 0.717) is 11.8 Å². The van der Waals surface area contributed by atoms with E-state index >= 15 is 0 Å². The third-order valence-corrected chi connectivity index (χ3v) is 6.73. The summed E-state index contributed by atoms with van der Waals surface area (Å²) in [6.45, 7) is 10.3. The number of carbonyl (C=O) groups excluding carboxylic acids is 1. The van der Waals surface area contributed by atoms with Crippen molar-refractivity contribution >= 4 is 40.9 Å². The maximum atomic E-state index is 12.5. The van der Waals surface area contributed by atoms with E-state index < -0.39 is 0 Å². The molecule has 0 radical (unpaired) electrons. The molecule has 0 aromatic carbocycles. The molecule has 156 valence electrons. The van der Waals surface area contributed by atoms with Crippen molar-refractivity contribution in [1.82, 2.24) is 19.4 Å². The molecule has 0 spiro atoms. The Morgan fingerprint density at radius 2 is 1.96 bits per heavy atom. The van der Waals surface area contributed by atoms with Gasteiger partial charge < -0.3 is 10.2 Å². The maximum Gasteiger partial charge on any atom is 0.330 e. The molecule has 2 aromatic rings. The first-order chi connectivity index (χ1) is 13.2. The van der Waals surface area contributed by atoms with Crippen LogP contribution in [-0.2, 0) is 7.05 Å². The topological polar surface area (TPSA) is 65.4 Å². The number of hydrogen-bond acceptors (Lipinski definition) is 6. The standard InChI is InChI=1S/C19H32N6OS2/c1-13(2)17-10-16(18(27-17)14(3)4)21-19(26)22-28-25(9-8-23(5)6)15-11-20-24(7)12-15/h10-14H,8-9H2,1-7H3,(H2,21,22,26). The zero-order chi connectivity index (χ0) is 20.8. The molecule has 7 nitrogen and oxygen atoms in total. The summed E-state index contributed by atoms with van der Waals surface area (Å²) < 4.78 is 6.70. The van der Waals surface area contributed by atoms with Gasteiger partial charge in [-0.2, -0.15) is 5.10 Å². The van der Waals surface area contributed by atoms with E-state index in [4.69, 9.17) is 0 Å². The number of rotatable bonds is 9. The molecular weight excluding hydrogens is 392 g/mol. The quantitative estimate of drug-likeness (QED) is 0.581. The zero-order valence-corrected chi connectivity index (χ0v) is 19.4. The summed E-state index contributed by atoms with van der Waals surface area (Å²) in [5.74, 6) is 0.815. The fourth-order valence-corrected chi connectivity index (χ4v) is 4.27. The Hall–Kier alpha value is -1.71. The van der Waals surface area contributed by atoms with Crippen molar-refractivity contribution in [3.05, 3.63) is 28.2 Å². The third kappa shape index (κ3) is 6.42. The second kappa shape index (κ2) is 10.2. The highest BCUT2D eigenvalue weighted by atomic mass is 32.2. The number of anilines is 2. The highest BCUT2D eigenvalue weighted by molar-refractivity contribution is 7.99. The Morgan fingerprint density at radius 3 is 2.50 bits per heavy atom. The van der Waals surface area contributed by atoms with Crippen LogP contribution in [0.5, 0.6) is 0 Å². The largest absolute Gasteiger partial charge is 0.330 e. The van der Waals surface area contributed by atoms with E-state index in [9.17, 15) is 4.79 Å². The second-order valence-electron chi connectivity index (χ2n) is 7.66. The minimum atomic E-state index is -0.223. The average molecular weight is 425 g/mol. The average Bonchev–Trinajstić information content (AvgIpc) is 3.21. The van der Waals surface area contributed by atoms with E-state index in [1.165, 1.54) is 21.9 Å². The minimum Gasteiger partial charge on any atom is -0.308 e. The molecule has 0 fully saturated rings. The molecule has 0 aliphatic carbocycles. The monoisotopic (exact) mass is 424 g/mol. The van der Waals surface area contributed by atoms with Gasteiger partial charge in [0.05, 0.1) is 29.7 Å². The summed E-state index contributed by atoms with van der Waals surface area (Å²) in [5.41, 5.74) is 1.86. The highest BCUT2D eigenvalue weighted by Gasteiger charge is 2.17. The van der Waals surface area contributed by atoms with Crippen LogP contribution in [0.2, 0.25) is 0 Å². The number of nitrogens with zero attached hydrogens (tertiary/aromatic N) is 4. The molecule has 0 saturated carbocycles. The molecule has 0 atom stereocenters. The van der Waals surface area contributed by atoms with Gasteiger partial charge in [0, 0.05) is 36.1 Å². The van der Waals surface area contributed by atoms with Crippen molar-refractivity contribution in [2.24, 2.45) is 7.05 Å². The van der Waals surface area contributed by atoms with Crippen molar-refractivity contribution in [3.63, 3.8) is 0 Å². The van der Waals surface area contributed by atoms with E-state index in [1.54, 1.807) is 22.2 Å². The van der Waals surface area contributed by atoms with Gasteiger partial charge in [-0.25, -0.2) is 4.79 Å². The van der Waals surface area contributed by atoms with Gasteiger partial charge in [-0.05, 0) is 32.0 Å². The van der Waals surface area contributed by atoms with Crippen molar-refractivity contribution in [2.75, 3.05) is 36.8 Å². The van der Waals surface area contributed by atoms with Crippen molar-refractivity contribution in [3.8, 4) is 0 Å². The molecule has 2 aromatic heterocycles. The van der Waals surface area contributed by atoms with Gasteiger partial charge in [0.1, 0.15) is 0 Å². The van der Waals surface area contributed by atoms with E-state index in [-0.39, 0.29) is 6.03 Å². The molecule has 0 saturated heterocycles. The summed E-state index contributed by atoms with van der Waals surface area (Å²) in [6.07, 6.45) is 3.74. The molecular formula is C19H32N6OS2. The first kappa shape index (κ1) is 22.6. The molecule has 2 N–H and O–H groups in total. The van der Waals surface area contributed by atoms with Gasteiger partial charge in [0.25, 0.3) is 0 Å². The predicted octanol–water partition coefficient (Wildman–Crippen LogP) is 4.48. The summed E-state index contributed by atoms with van der Waals surface area (Å²) in [6, 6.07) is 1.87. The van der Waals surface area contributed by atoms with Crippen LogP contribution in [0.3, 0.4) is 0 Å². The molecule has 2 rings (SSSR count). The van der Waals surface area contributed by atoms with Gasteiger partial charge >= 0.3 is 6.03 Å². The van der Waals surface area contributed by atoms with Crippen LogP contribution in [0.25, 0.3) is 0 Å². The highest BCUT2D eigenvalue weighted by Crippen LogP contribution is 2.36. The molecule has 9 heteroatoms. The molecule has 0 aliphatic rings. The molecule has 0 aliphatic heterocycles. The van der Waals surface area contributed by atoms with Crippen LogP contribution in [0, 0.1) is 0 Å². The lowest BCUT2D eigenvalue weighted by molar-refractivity contribution is 0.257. The first-order valence-electron chi connectivity index (χ1n) is 9.45. The molecule has 0 unspecified atom stereocenters. The Balaban J connectivity index is 2.02. The SMILES string of the molecule is CC(C)c1cc(NC(=O)NSN(CCN(C)C)c2cnn(C)c2)c(C(C)C)s1. The van der Waals surface area contributed by atoms with E-state index in [1.807, 2.05) is 31.6 Å². The van der Waals surface area contributed by atoms with Gasteiger partial charge in [-0.1, -0.05) is 27.7 Å². The fourth-order valence-electron chi connectivity index (χ4n) is 2.54. The number of aromatic nitrogens is 2. The number of amides is 2. The van der Waals surface area contributed by atoms with Gasteiger partial charge in [0.2, 0.25) is 0 Å². The second-order valence-corrected chi connectivity index (χ2v) is 9.60. The van der Waals surface area contributed by atoms with Crippen molar-refractivity contribution < 1.29 is 4.79 Å². The van der Waals surface area contributed by atoms with Crippen molar-refractivity contribution in [1.29, 1.82) is 0 Å². The number of nitrogens with one attached hydrogen (secondary N) is 2. The van der Waals surface area contributed by atoms with Crippen LogP contribution < -0.4 is 14.3 Å². The number of thiophene rings is 1. The summed E-state index contributed by atoms with van der Waals surface area (Å²) >= 11 is 3.06. The third-order valence-electron chi connectivity index (χ3n) is 4.10. The Bertz CT molecular complexity index is 768. The normalized spacial score (nSPS) is 11.5. The smallest absolute Gasteiger partial charge is 0.308 e. The Kier molecular flexibility index (Phi) is 8.21. The van der Waals surface area contributed by atoms with E-state index in [2.05, 4.69) is 53.8 Å². The number of likely N-dealkylation sites (N-methyl/N-ethyl adjacent to an activating group) is 1. The fraction of sp³-hybridized carbons (Fsp3) is 0.579. The number of hydrogen-bond donors (Lipinski definition) is 2. The van der Waals surface area contributed by atoms with Gasteiger partial charge in [-0.3, -0.25) is 13.7 Å². The first-order valence-corrected chi connectivity index (χ1v) is 11.0. The van der Waals surface area contributed by atoms with Gasteiger partial charge in [-0.15, -0.1) is 11.3 Å². The number of urea groups is 1. The predicted molar refractivity (Wildman–Crippen MR) is 121 cm³/mol. The van der Waals surface area contributed by atoms with Crippen LogP contribution in [-0.4, -0.2) is 47.9 Å². The zero-order valence-electron chi connectivity index (χ0n) is 17.8. The van der Waals surface area contributed by atoms with Crippen LogP contribution in [0.4, 0.5) is 16.2 Å². The molecule has 2 amide bonds. The summed E-state index contributed by atoms with van der Waals surface area (Å²) in [4.78, 5) is 17.2. The lowest BCUT2D eigenvalue weighted by atomic mass is 10.1. The Morgan fingerprint density at radius 1 is 1.25 bits per heavy atom. The summed E-state index contributed by atoms with van der Waals surface area (Å²) in [5, 5.41) is 7.26. The molecule has 28 heavy (non-hydrogen) atoms. The molecule has 2 heterocycles. The lowest BCUT2D eigenvalue weighted by Gasteiger charge is -2.23. The van der Waals surface area contributed by atoms with Crippen LogP contribution in [0.15, 0.2) is 18.5 Å². The van der Waals surface area contributed by atoms with Gasteiger partial charge in [0.15, 0.2) is 0 Å². The lowest BCUT2D eigenvalue weighted by Crippen LogP contribution is -2.32. The maximum absolute atomic E-state index is 12.5. The van der Waals surface area contributed by atoms with Crippen LogP contribution >= 0.6 is 23.5 Å². The number of aryl methyl sites for hydroxylation is 1.